The molecule has 0 radical (unpaired) electrons. The Bertz CT molecular complexity index is 668. The molecule has 2 aliphatic rings. The molecule has 23 heavy (non-hydrogen) atoms. The van der Waals surface area contributed by atoms with Gasteiger partial charge in [0.25, 0.3) is 5.69 Å². The van der Waals surface area contributed by atoms with Crippen molar-refractivity contribution >= 4 is 23.0 Å². The predicted molar refractivity (Wildman–Crippen MR) is 88.4 cm³/mol. The smallest absolute Gasteiger partial charge is 0.270 e. The minimum Gasteiger partial charge on any atom is -0.467 e. The molecule has 8 heteroatoms. The summed E-state index contributed by atoms with van der Waals surface area (Å²) in [6.07, 6.45) is 0. The van der Waals surface area contributed by atoms with E-state index in [1.54, 1.807) is 19.2 Å². The number of rotatable bonds is 4. The van der Waals surface area contributed by atoms with Crippen molar-refractivity contribution < 1.29 is 14.4 Å². The van der Waals surface area contributed by atoms with Crippen LogP contribution in [0, 0.1) is 16.0 Å². The minimum absolute atomic E-state index is 0.0534. The number of hydrogen-bond acceptors (Lipinski definition) is 5. The summed E-state index contributed by atoms with van der Waals surface area (Å²) in [5.41, 5.74) is 0.213. The van der Waals surface area contributed by atoms with Crippen molar-refractivity contribution in [3.05, 3.63) is 33.9 Å². The van der Waals surface area contributed by atoms with E-state index >= 15 is 0 Å². The van der Waals surface area contributed by atoms with Gasteiger partial charge in [-0.1, -0.05) is 6.92 Å². The third-order valence-corrected chi connectivity index (χ3v) is 5.12. The summed E-state index contributed by atoms with van der Waals surface area (Å²) in [5.74, 6) is 0.708. The average molecular weight is 337 g/mol. The highest BCUT2D eigenvalue weighted by molar-refractivity contribution is 7.80. The zero-order chi connectivity index (χ0) is 16.8. The van der Waals surface area contributed by atoms with Crippen molar-refractivity contribution in [3.8, 4) is 5.75 Å². The molecule has 0 amide bonds. The van der Waals surface area contributed by atoms with Crippen molar-refractivity contribution in [1.29, 1.82) is 0 Å². The van der Waals surface area contributed by atoms with E-state index in [-0.39, 0.29) is 17.6 Å². The molecule has 2 bridgehead atoms. The summed E-state index contributed by atoms with van der Waals surface area (Å²) in [7, 11) is 1.64. The number of nitro benzene ring substituents is 1. The fraction of sp³-hybridized carbons (Fsp3) is 0.533. The fourth-order valence-corrected chi connectivity index (χ4v) is 3.70. The monoisotopic (exact) mass is 337 g/mol. The predicted octanol–water partition coefficient (Wildman–Crippen LogP) is 2.22. The Labute approximate surface area is 139 Å². The van der Waals surface area contributed by atoms with Crippen LogP contribution in [0.1, 0.15) is 25.5 Å². The Kier molecular flexibility index (Phi) is 3.89. The molecule has 1 saturated heterocycles. The highest BCUT2D eigenvalue weighted by Gasteiger charge is 2.53. The molecule has 0 saturated carbocycles. The lowest BCUT2D eigenvalue weighted by Crippen LogP contribution is -2.69. The lowest BCUT2D eigenvalue weighted by Gasteiger charge is -2.56. The first-order valence-corrected chi connectivity index (χ1v) is 7.83. The zero-order valence-corrected chi connectivity index (χ0v) is 14.1. The van der Waals surface area contributed by atoms with Gasteiger partial charge >= 0.3 is 0 Å². The van der Waals surface area contributed by atoms with E-state index in [1.165, 1.54) is 6.07 Å². The molecule has 0 aliphatic carbocycles. The maximum atomic E-state index is 11.0. The number of methoxy groups -OCH3 is 1. The van der Waals surface area contributed by atoms with E-state index in [0.29, 0.717) is 24.0 Å². The number of hydrogen-bond donors (Lipinski definition) is 1. The van der Waals surface area contributed by atoms with Gasteiger partial charge in [0.05, 0.1) is 17.6 Å². The highest BCUT2D eigenvalue weighted by Crippen LogP contribution is 2.48. The van der Waals surface area contributed by atoms with Crippen molar-refractivity contribution in [1.82, 2.24) is 10.2 Å². The average Bonchev–Trinajstić information content (AvgIpc) is 2.50. The van der Waals surface area contributed by atoms with Crippen molar-refractivity contribution in [3.63, 3.8) is 0 Å². The van der Waals surface area contributed by atoms with E-state index in [2.05, 4.69) is 12.2 Å². The first kappa shape index (κ1) is 15.9. The Hall–Kier alpha value is -1.93. The Morgan fingerprint density at radius 3 is 2.96 bits per heavy atom. The van der Waals surface area contributed by atoms with Crippen LogP contribution < -0.4 is 10.1 Å². The first-order chi connectivity index (χ1) is 10.9. The first-order valence-electron chi connectivity index (χ1n) is 7.43. The van der Waals surface area contributed by atoms with Crippen molar-refractivity contribution in [2.45, 2.75) is 25.6 Å². The summed E-state index contributed by atoms with van der Waals surface area (Å²) in [4.78, 5) is 12.6. The minimum atomic E-state index is -0.616. The number of non-ortho nitro benzene ring substituents is 1. The van der Waals surface area contributed by atoms with E-state index in [0.717, 1.165) is 5.56 Å². The molecule has 3 rings (SSSR count). The van der Waals surface area contributed by atoms with Crippen LogP contribution in [0.2, 0.25) is 0 Å². The fourth-order valence-electron chi connectivity index (χ4n) is 3.30. The molecule has 0 aromatic heterocycles. The molecule has 3 atom stereocenters. The van der Waals surface area contributed by atoms with Crippen LogP contribution in [-0.2, 0) is 4.74 Å². The number of thiocarbonyl (C=S) groups is 1. The van der Waals surface area contributed by atoms with Gasteiger partial charge in [-0.05, 0) is 25.2 Å². The van der Waals surface area contributed by atoms with Crippen molar-refractivity contribution in [2.75, 3.05) is 20.3 Å². The summed E-state index contributed by atoms with van der Waals surface area (Å²) in [6, 6.07) is 4.58. The maximum Gasteiger partial charge on any atom is 0.270 e. The van der Waals surface area contributed by atoms with Crippen LogP contribution >= 0.6 is 12.2 Å². The second kappa shape index (κ2) is 5.61. The van der Waals surface area contributed by atoms with Crippen LogP contribution in [0.5, 0.6) is 5.75 Å². The number of nitrogens with one attached hydrogen (secondary N) is 1. The van der Waals surface area contributed by atoms with E-state index in [4.69, 9.17) is 21.7 Å². The van der Waals surface area contributed by atoms with Crippen LogP contribution in [-0.4, -0.2) is 40.9 Å². The van der Waals surface area contributed by atoms with Gasteiger partial charge in [0, 0.05) is 37.3 Å². The number of ether oxygens (including phenoxy) is 2. The molecule has 1 aromatic rings. The summed E-state index contributed by atoms with van der Waals surface area (Å²) in [5, 5.41) is 14.9. The lowest BCUT2D eigenvalue weighted by molar-refractivity contribution is -0.385. The Morgan fingerprint density at radius 1 is 1.57 bits per heavy atom. The molecule has 124 valence electrons. The van der Waals surface area contributed by atoms with Gasteiger partial charge in [-0.25, -0.2) is 0 Å². The highest BCUT2D eigenvalue weighted by atomic mass is 32.1. The van der Waals surface area contributed by atoms with E-state index in [9.17, 15) is 10.1 Å². The maximum absolute atomic E-state index is 11.0. The van der Waals surface area contributed by atoms with Gasteiger partial charge in [-0.15, -0.1) is 0 Å². The topological polar surface area (TPSA) is 76.9 Å². The van der Waals surface area contributed by atoms with E-state index < -0.39 is 10.6 Å². The van der Waals surface area contributed by atoms with Gasteiger partial charge < -0.3 is 19.7 Å². The SMILES string of the molecule is COCCN1C(=S)N[C@H]2c3cc([N+](=O)[O-])ccc3O[C@@]1(C)[C@@H]2C. The van der Waals surface area contributed by atoms with Gasteiger partial charge in [-0.3, -0.25) is 10.1 Å². The zero-order valence-electron chi connectivity index (χ0n) is 13.2. The molecule has 0 spiro atoms. The van der Waals surface area contributed by atoms with Crippen molar-refractivity contribution in [2.24, 2.45) is 5.92 Å². The molecule has 7 nitrogen and oxygen atoms in total. The second-order valence-electron chi connectivity index (χ2n) is 6.00. The second-order valence-corrected chi connectivity index (χ2v) is 6.38. The third-order valence-electron chi connectivity index (χ3n) is 4.78. The van der Waals surface area contributed by atoms with Gasteiger partial charge in [0.2, 0.25) is 0 Å². The third kappa shape index (κ3) is 2.42. The molecular weight excluding hydrogens is 318 g/mol. The van der Waals surface area contributed by atoms with Crippen LogP contribution in [0.3, 0.4) is 0 Å². The summed E-state index contributed by atoms with van der Waals surface area (Å²) in [6.45, 7) is 5.20. The van der Waals surface area contributed by atoms with Gasteiger partial charge in [0.1, 0.15) is 5.75 Å². The van der Waals surface area contributed by atoms with Crippen LogP contribution in [0.25, 0.3) is 0 Å². The van der Waals surface area contributed by atoms with E-state index in [1.807, 2.05) is 11.8 Å². The molecule has 1 aromatic carbocycles. The molecule has 2 heterocycles. The molecule has 2 aliphatic heterocycles. The Morgan fingerprint density at radius 2 is 2.30 bits per heavy atom. The largest absolute Gasteiger partial charge is 0.467 e. The normalized spacial score (nSPS) is 28.7. The van der Waals surface area contributed by atoms with Crippen LogP contribution in [0.4, 0.5) is 5.69 Å². The molecule has 1 N–H and O–H groups in total. The number of nitro groups is 1. The number of nitrogens with zero attached hydrogens (tertiary/aromatic N) is 2. The van der Waals surface area contributed by atoms with Gasteiger partial charge in [-0.2, -0.15) is 0 Å². The summed E-state index contributed by atoms with van der Waals surface area (Å²) >= 11 is 5.48. The standard InChI is InChI=1S/C15H19N3O4S/c1-9-13-11-8-10(18(19)20)4-5-12(11)22-15(9,2)17(6-7-21-3)14(23)16-13/h4-5,8-9,13H,6-7H2,1-3H3,(H,16,23)/t9-,13-,15+/m1/s1. The molecule has 1 fully saturated rings. The van der Waals surface area contributed by atoms with Crippen LogP contribution in [0.15, 0.2) is 18.2 Å². The number of fused-ring (bicyclic) bond motifs is 4. The molecular formula is C15H19N3O4S. The molecule has 0 unspecified atom stereocenters. The quantitative estimate of drug-likeness (QED) is 0.513. The number of benzene rings is 1. The lowest BCUT2D eigenvalue weighted by atomic mass is 9.81. The summed E-state index contributed by atoms with van der Waals surface area (Å²) < 4.78 is 11.4. The van der Waals surface area contributed by atoms with Gasteiger partial charge in [0.15, 0.2) is 10.8 Å². The Balaban J connectivity index is 2.03.